The Morgan fingerprint density at radius 1 is 1.30 bits per heavy atom. The van der Waals surface area contributed by atoms with E-state index in [0.717, 1.165) is 22.7 Å². The molecule has 1 amide bonds. The molecule has 0 saturated carbocycles. The van der Waals surface area contributed by atoms with Crippen LogP contribution in [0.1, 0.15) is 23.2 Å². The van der Waals surface area contributed by atoms with Crippen LogP contribution in [0.4, 0.5) is 0 Å². The lowest BCUT2D eigenvalue weighted by atomic mass is 10.1. The fourth-order valence-corrected chi connectivity index (χ4v) is 2.34. The molecular weight excluding hydrogens is 322 g/mol. The quantitative estimate of drug-likeness (QED) is 0.726. The van der Waals surface area contributed by atoms with E-state index in [-0.39, 0.29) is 11.5 Å². The van der Waals surface area contributed by atoms with Crippen molar-refractivity contribution in [3.8, 4) is 0 Å². The van der Waals surface area contributed by atoms with Gasteiger partial charge in [0.25, 0.3) is 5.91 Å². The number of rotatable bonds is 5. The zero-order valence-electron chi connectivity index (χ0n) is 10.9. The van der Waals surface area contributed by atoms with Crippen LogP contribution >= 0.6 is 15.9 Å². The number of amides is 1. The van der Waals surface area contributed by atoms with Crippen molar-refractivity contribution in [1.29, 1.82) is 0 Å². The number of unbranched alkanes of at least 4 members (excludes halogenated alkanes) is 1. The first-order chi connectivity index (χ1) is 9.61. The Morgan fingerprint density at radius 3 is 2.85 bits per heavy atom. The molecule has 0 atom stereocenters. The second-order valence-electron chi connectivity index (χ2n) is 4.49. The normalized spacial score (nSPS) is 10.7. The van der Waals surface area contributed by atoms with Gasteiger partial charge in [-0.05, 0) is 37.6 Å². The molecule has 2 rings (SSSR count). The van der Waals surface area contributed by atoms with Crippen LogP contribution in [0.15, 0.2) is 33.5 Å². The average molecular weight is 338 g/mol. The number of hydrogen-bond acceptors (Lipinski definition) is 3. The van der Waals surface area contributed by atoms with Crippen LogP contribution in [-0.4, -0.2) is 24.0 Å². The summed E-state index contributed by atoms with van der Waals surface area (Å²) in [4.78, 5) is 26.5. The van der Waals surface area contributed by atoms with Gasteiger partial charge in [0.2, 0.25) is 5.56 Å². The average Bonchev–Trinajstić information content (AvgIpc) is 2.43. The van der Waals surface area contributed by atoms with Gasteiger partial charge in [0.05, 0.1) is 5.56 Å². The van der Waals surface area contributed by atoms with Crippen molar-refractivity contribution in [2.75, 3.05) is 13.1 Å². The summed E-state index contributed by atoms with van der Waals surface area (Å²) in [6.45, 7) is 1.16. The molecule has 0 aliphatic rings. The predicted octanol–water partition coefficient (Wildman–Crippen LogP) is 1.76. The molecule has 0 bridgehead atoms. The van der Waals surface area contributed by atoms with Gasteiger partial charge >= 0.3 is 0 Å². The molecule has 6 heteroatoms. The van der Waals surface area contributed by atoms with Crippen molar-refractivity contribution in [2.45, 2.75) is 12.8 Å². The van der Waals surface area contributed by atoms with E-state index in [1.807, 2.05) is 12.1 Å². The fourth-order valence-electron chi connectivity index (χ4n) is 1.98. The van der Waals surface area contributed by atoms with Gasteiger partial charge in [-0.1, -0.05) is 15.9 Å². The van der Waals surface area contributed by atoms with Gasteiger partial charge in [0, 0.05) is 28.0 Å². The maximum atomic E-state index is 12.2. The molecule has 0 radical (unpaired) electrons. The number of H-pyrrole nitrogens is 1. The number of carbonyl (C=O) groups is 1. The fraction of sp³-hybridized carbons (Fsp3) is 0.286. The molecule has 0 saturated heterocycles. The first-order valence-corrected chi connectivity index (χ1v) is 7.22. The first kappa shape index (κ1) is 14.7. The minimum atomic E-state index is -0.285. The smallest absolute Gasteiger partial charge is 0.252 e. The number of nitrogens with two attached hydrogens (primary N) is 1. The third-order valence-electron chi connectivity index (χ3n) is 2.97. The molecule has 0 spiro atoms. The molecule has 20 heavy (non-hydrogen) atoms. The second kappa shape index (κ2) is 6.67. The van der Waals surface area contributed by atoms with Crippen molar-refractivity contribution in [2.24, 2.45) is 5.73 Å². The summed E-state index contributed by atoms with van der Waals surface area (Å²) in [6, 6.07) is 6.74. The van der Waals surface area contributed by atoms with E-state index in [9.17, 15) is 9.59 Å². The van der Waals surface area contributed by atoms with Gasteiger partial charge in [0.15, 0.2) is 0 Å². The van der Waals surface area contributed by atoms with Crippen LogP contribution in [0.2, 0.25) is 0 Å². The number of nitrogens with one attached hydrogen (secondary N) is 2. The Balaban J connectivity index is 2.30. The number of halogens is 1. The van der Waals surface area contributed by atoms with Gasteiger partial charge in [-0.2, -0.15) is 0 Å². The van der Waals surface area contributed by atoms with Crippen molar-refractivity contribution < 1.29 is 4.79 Å². The number of pyridine rings is 1. The molecule has 0 aliphatic carbocycles. The molecule has 1 aromatic heterocycles. The number of benzene rings is 1. The van der Waals surface area contributed by atoms with Crippen LogP contribution in [0, 0.1) is 0 Å². The topological polar surface area (TPSA) is 88.0 Å². The molecule has 1 aromatic carbocycles. The molecule has 4 N–H and O–H groups in total. The van der Waals surface area contributed by atoms with Gasteiger partial charge < -0.3 is 16.0 Å². The summed E-state index contributed by atoms with van der Waals surface area (Å²) in [7, 11) is 0. The summed E-state index contributed by atoms with van der Waals surface area (Å²) >= 11 is 3.37. The number of aromatic nitrogens is 1. The molecule has 5 nitrogen and oxygen atoms in total. The lowest BCUT2D eigenvalue weighted by Gasteiger charge is -2.08. The van der Waals surface area contributed by atoms with Crippen molar-refractivity contribution in [3.05, 3.63) is 44.7 Å². The van der Waals surface area contributed by atoms with Gasteiger partial charge in [-0.15, -0.1) is 0 Å². The van der Waals surface area contributed by atoms with Crippen LogP contribution in [0.5, 0.6) is 0 Å². The summed E-state index contributed by atoms with van der Waals surface area (Å²) in [6.07, 6.45) is 1.69. The van der Waals surface area contributed by atoms with E-state index in [1.165, 1.54) is 6.07 Å². The molecule has 1 heterocycles. The van der Waals surface area contributed by atoms with Gasteiger partial charge in [-0.3, -0.25) is 9.59 Å². The first-order valence-electron chi connectivity index (χ1n) is 6.42. The van der Waals surface area contributed by atoms with Gasteiger partial charge in [-0.25, -0.2) is 0 Å². The minimum absolute atomic E-state index is 0.240. The Hall–Kier alpha value is -1.66. The van der Waals surface area contributed by atoms with Crippen LogP contribution < -0.4 is 16.6 Å². The van der Waals surface area contributed by atoms with E-state index in [2.05, 4.69) is 26.2 Å². The lowest BCUT2D eigenvalue weighted by molar-refractivity contribution is 0.0954. The van der Waals surface area contributed by atoms with Crippen LogP contribution in [0.25, 0.3) is 10.9 Å². The third kappa shape index (κ3) is 3.46. The summed E-state index contributed by atoms with van der Waals surface area (Å²) < 4.78 is 0.856. The standard InChI is InChI=1S/C14H16BrN3O2/c15-9-3-4-12-10(7-9)11(8-13(19)18-12)14(20)17-6-2-1-5-16/h3-4,7-8H,1-2,5-6,16H2,(H,17,20)(H,18,19). The largest absolute Gasteiger partial charge is 0.352 e. The van der Waals surface area contributed by atoms with Gasteiger partial charge in [0.1, 0.15) is 0 Å². The zero-order valence-corrected chi connectivity index (χ0v) is 12.5. The van der Waals surface area contributed by atoms with E-state index in [4.69, 9.17) is 5.73 Å². The predicted molar refractivity (Wildman–Crippen MR) is 82.9 cm³/mol. The summed E-state index contributed by atoms with van der Waals surface area (Å²) in [5, 5.41) is 3.53. The van der Waals surface area contributed by atoms with Crippen LogP contribution in [0.3, 0.4) is 0 Å². The Bertz CT molecular complexity index is 682. The van der Waals surface area contributed by atoms with Crippen molar-refractivity contribution in [1.82, 2.24) is 10.3 Å². The highest BCUT2D eigenvalue weighted by atomic mass is 79.9. The van der Waals surface area contributed by atoms with E-state index >= 15 is 0 Å². The van der Waals surface area contributed by atoms with Crippen molar-refractivity contribution in [3.63, 3.8) is 0 Å². The third-order valence-corrected chi connectivity index (χ3v) is 3.46. The number of fused-ring (bicyclic) bond motifs is 1. The minimum Gasteiger partial charge on any atom is -0.352 e. The number of carbonyl (C=O) groups excluding carboxylic acids is 1. The number of aromatic amines is 1. The lowest BCUT2D eigenvalue weighted by Crippen LogP contribution is -2.26. The maximum absolute atomic E-state index is 12.2. The molecule has 0 fully saturated rings. The van der Waals surface area contributed by atoms with E-state index < -0.39 is 0 Å². The molecule has 2 aromatic rings. The highest BCUT2D eigenvalue weighted by Gasteiger charge is 2.11. The highest BCUT2D eigenvalue weighted by molar-refractivity contribution is 9.10. The molecule has 106 valence electrons. The van der Waals surface area contributed by atoms with Crippen molar-refractivity contribution >= 4 is 32.7 Å². The maximum Gasteiger partial charge on any atom is 0.252 e. The molecule has 0 aliphatic heterocycles. The van der Waals surface area contributed by atoms with E-state index in [0.29, 0.717) is 24.2 Å². The SMILES string of the molecule is NCCCCNC(=O)c1cc(=O)[nH]c2ccc(Br)cc12. The van der Waals surface area contributed by atoms with E-state index in [1.54, 1.807) is 6.07 Å². The second-order valence-corrected chi connectivity index (χ2v) is 5.40. The Kier molecular flexibility index (Phi) is 4.92. The Labute approximate surface area is 124 Å². The summed E-state index contributed by atoms with van der Waals surface area (Å²) in [5.74, 6) is -0.240. The Morgan fingerprint density at radius 2 is 2.10 bits per heavy atom. The number of hydrogen-bond donors (Lipinski definition) is 3. The zero-order chi connectivity index (χ0) is 14.5. The van der Waals surface area contributed by atoms with Crippen LogP contribution in [-0.2, 0) is 0 Å². The molecule has 0 unspecified atom stereocenters. The monoisotopic (exact) mass is 337 g/mol. The molecular formula is C14H16BrN3O2. The highest BCUT2D eigenvalue weighted by Crippen LogP contribution is 2.20. The summed E-state index contributed by atoms with van der Waals surface area (Å²) in [5.41, 5.74) is 6.15.